The van der Waals surface area contributed by atoms with Crippen LogP contribution in [0, 0.1) is 0 Å². The van der Waals surface area contributed by atoms with E-state index >= 15 is 0 Å². The number of fused-ring (bicyclic) bond motifs is 1. The van der Waals surface area contributed by atoms with Crippen molar-refractivity contribution < 1.29 is 24.1 Å². The third-order valence-corrected chi connectivity index (χ3v) is 3.36. The van der Waals surface area contributed by atoms with Gasteiger partial charge in [0.1, 0.15) is 6.61 Å². The fourth-order valence-electron chi connectivity index (χ4n) is 2.05. The Balaban J connectivity index is 2.45. The number of carbonyl (C=O) groups excluding carboxylic acids is 1. The number of alkyl halides is 1. The fourth-order valence-corrected chi connectivity index (χ4v) is 2.16. The van der Waals surface area contributed by atoms with Crippen LogP contribution in [0.25, 0.3) is 0 Å². The number of aliphatic hydroxyl groups excluding tert-OH is 1. The Labute approximate surface area is 121 Å². The summed E-state index contributed by atoms with van der Waals surface area (Å²) in [5, 5.41) is 12.5. The Morgan fingerprint density at radius 2 is 2.25 bits per heavy atom. The van der Waals surface area contributed by atoms with Crippen molar-refractivity contribution in [3.8, 4) is 11.5 Å². The zero-order valence-corrected chi connectivity index (χ0v) is 12.0. The van der Waals surface area contributed by atoms with E-state index in [0.717, 1.165) is 5.56 Å². The summed E-state index contributed by atoms with van der Waals surface area (Å²) >= 11 is 5.56. The number of hydrogen-bond acceptors (Lipinski definition) is 6. The molecule has 0 radical (unpaired) electrons. The van der Waals surface area contributed by atoms with Gasteiger partial charge in [0.15, 0.2) is 11.5 Å². The number of anilines is 1. The van der Waals surface area contributed by atoms with Crippen LogP contribution in [0.1, 0.15) is 15.9 Å². The average Bonchev–Trinajstić information content (AvgIpc) is 2.84. The maximum atomic E-state index is 11.8. The minimum Gasteiger partial charge on any atom is -0.493 e. The van der Waals surface area contributed by atoms with Crippen molar-refractivity contribution >= 4 is 23.3 Å². The number of cyclic esters (lactones) is 1. The van der Waals surface area contributed by atoms with Crippen molar-refractivity contribution in [3.63, 3.8) is 0 Å². The molecule has 2 rings (SSSR count). The monoisotopic (exact) mass is 301 g/mol. The summed E-state index contributed by atoms with van der Waals surface area (Å²) in [5.41, 5.74) is 1.58. The summed E-state index contributed by atoms with van der Waals surface area (Å²) in [6.07, 6.45) is -0.736. The summed E-state index contributed by atoms with van der Waals surface area (Å²) in [6.45, 7) is 0.383. The second-order valence-corrected chi connectivity index (χ2v) is 4.59. The Morgan fingerprint density at radius 3 is 2.85 bits per heavy atom. The van der Waals surface area contributed by atoms with Crippen LogP contribution in [0.2, 0.25) is 0 Å². The van der Waals surface area contributed by atoms with Crippen LogP contribution in [-0.2, 0) is 11.3 Å². The maximum absolute atomic E-state index is 11.8. The Hall–Kier alpha value is -1.66. The molecular weight excluding hydrogens is 286 g/mol. The largest absolute Gasteiger partial charge is 0.493 e. The van der Waals surface area contributed by atoms with Gasteiger partial charge >= 0.3 is 5.97 Å². The highest BCUT2D eigenvalue weighted by Gasteiger charge is 2.30. The number of esters is 1. The van der Waals surface area contributed by atoms with Gasteiger partial charge in [-0.15, -0.1) is 11.6 Å². The van der Waals surface area contributed by atoms with Gasteiger partial charge in [-0.2, -0.15) is 0 Å². The number of benzene rings is 1. The highest BCUT2D eigenvalue weighted by Crippen LogP contribution is 2.42. The maximum Gasteiger partial charge on any atom is 0.341 e. The van der Waals surface area contributed by atoms with Crippen molar-refractivity contribution in [2.45, 2.75) is 12.7 Å². The molecule has 0 amide bonds. The van der Waals surface area contributed by atoms with Gasteiger partial charge in [-0.05, 0) is 6.07 Å². The molecule has 0 bridgehead atoms. The first kappa shape index (κ1) is 14.7. The standard InChI is InChI=1S/C13H16ClNO5/c1-18-9-3-7-6-20-13(17)10(7)11(12(9)19-2)15-5-8(16)4-14/h3,8,15-16H,4-6H2,1-2H3. The smallest absolute Gasteiger partial charge is 0.341 e. The summed E-state index contributed by atoms with van der Waals surface area (Å²) in [5.74, 6) is 0.550. The van der Waals surface area contributed by atoms with Crippen LogP contribution in [0.15, 0.2) is 6.07 Å². The molecular formula is C13H16ClNO5. The van der Waals surface area contributed by atoms with Crippen molar-refractivity contribution in [1.29, 1.82) is 0 Å². The predicted octanol–water partition coefficient (Wildman–Crippen LogP) is 1.39. The lowest BCUT2D eigenvalue weighted by Gasteiger charge is -2.18. The van der Waals surface area contributed by atoms with E-state index in [2.05, 4.69) is 5.32 Å². The predicted molar refractivity (Wildman–Crippen MR) is 73.9 cm³/mol. The zero-order valence-electron chi connectivity index (χ0n) is 11.2. The molecule has 0 spiro atoms. The van der Waals surface area contributed by atoms with Crippen LogP contribution in [0.5, 0.6) is 11.5 Å². The topological polar surface area (TPSA) is 77.0 Å². The third kappa shape index (κ3) is 2.62. The van der Waals surface area contributed by atoms with Gasteiger partial charge in [-0.1, -0.05) is 0 Å². The minimum atomic E-state index is -0.736. The van der Waals surface area contributed by atoms with Gasteiger partial charge < -0.3 is 24.6 Å². The highest BCUT2D eigenvalue weighted by molar-refractivity contribution is 6.18. The quantitative estimate of drug-likeness (QED) is 0.611. The molecule has 1 unspecified atom stereocenters. The number of carbonyl (C=O) groups is 1. The van der Waals surface area contributed by atoms with Gasteiger partial charge in [0, 0.05) is 12.1 Å². The van der Waals surface area contributed by atoms with E-state index in [1.807, 2.05) is 0 Å². The van der Waals surface area contributed by atoms with Crippen molar-refractivity contribution in [2.24, 2.45) is 0 Å². The number of hydrogen-bond donors (Lipinski definition) is 2. The van der Waals surface area contributed by atoms with Gasteiger partial charge in [-0.3, -0.25) is 0 Å². The molecule has 1 aromatic carbocycles. The van der Waals surface area contributed by atoms with E-state index < -0.39 is 12.1 Å². The molecule has 20 heavy (non-hydrogen) atoms. The second-order valence-electron chi connectivity index (χ2n) is 4.29. The Bertz CT molecular complexity index is 520. The molecule has 0 aliphatic carbocycles. The van der Waals surface area contributed by atoms with E-state index in [-0.39, 0.29) is 19.0 Å². The third-order valence-electron chi connectivity index (χ3n) is 3.01. The lowest BCUT2D eigenvalue weighted by atomic mass is 10.1. The molecule has 1 aliphatic rings. The zero-order chi connectivity index (χ0) is 14.7. The Kier molecular flexibility index (Phi) is 4.57. The summed E-state index contributed by atoms with van der Waals surface area (Å²) in [7, 11) is 2.99. The van der Waals surface area contributed by atoms with Crippen molar-refractivity contribution in [3.05, 3.63) is 17.2 Å². The first-order valence-corrected chi connectivity index (χ1v) is 6.58. The first-order valence-electron chi connectivity index (χ1n) is 6.05. The molecule has 1 aromatic rings. The van der Waals surface area contributed by atoms with E-state index in [9.17, 15) is 9.90 Å². The van der Waals surface area contributed by atoms with Gasteiger partial charge in [-0.25, -0.2) is 4.79 Å². The molecule has 2 N–H and O–H groups in total. The van der Waals surface area contributed by atoms with E-state index in [4.69, 9.17) is 25.8 Å². The average molecular weight is 302 g/mol. The lowest BCUT2D eigenvalue weighted by molar-refractivity contribution is 0.0535. The fraction of sp³-hybridized carbons (Fsp3) is 0.462. The number of methoxy groups -OCH3 is 2. The van der Waals surface area contributed by atoms with E-state index in [0.29, 0.717) is 22.7 Å². The SMILES string of the molecule is COc1cc2c(c(NCC(O)CCl)c1OC)C(=O)OC2. The molecule has 0 saturated carbocycles. The van der Waals surface area contributed by atoms with E-state index in [1.54, 1.807) is 6.07 Å². The lowest BCUT2D eigenvalue weighted by Crippen LogP contribution is -2.22. The van der Waals surface area contributed by atoms with Crippen molar-refractivity contribution in [2.75, 3.05) is 32.0 Å². The van der Waals surface area contributed by atoms with Gasteiger partial charge in [0.2, 0.25) is 0 Å². The van der Waals surface area contributed by atoms with Crippen LogP contribution >= 0.6 is 11.6 Å². The minimum absolute atomic E-state index is 0.0892. The number of aliphatic hydroxyl groups is 1. The van der Waals surface area contributed by atoms with Crippen molar-refractivity contribution in [1.82, 2.24) is 0 Å². The molecule has 0 fully saturated rings. The second kappa shape index (κ2) is 6.19. The summed E-state index contributed by atoms with van der Waals surface area (Å²) < 4.78 is 15.6. The normalized spacial score (nSPS) is 14.5. The summed E-state index contributed by atoms with van der Waals surface area (Å²) in [6, 6.07) is 1.71. The molecule has 110 valence electrons. The van der Waals surface area contributed by atoms with Crippen LogP contribution in [0.3, 0.4) is 0 Å². The summed E-state index contributed by atoms with van der Waals surface area (Å²) in [4.78, 5) is 11.8. The van der Waals surface area contributed by atoms with E-state index in [1.165, 1.54) is 14.2 Å². The number of ether oxygens (including phenoxy) is 3. The first-order chi connectivity index (χ1) is 9.62. The van der Waals surface area contributed by atoms with Gasteiger partial charge in [0.05, 0.1) is 37.5 Å². The highest BCUT2D eigenvalue weighted by atomic mass is 35.5. The molecule has 0 saturated heterocycles. The molecule has 6 nitrogen and oxygen atoms in total. The van der Waals surface area contributed by atoms with Crippen LogP contribution < -0.4 is 14.8 Å². The molecule has 1 aliphatic heterocycles. The number of nitrogens with one attached hydrogen (secondary N) is 1. The Morgan fingerprint density at radius 1 is 1.50 bits per heavy atom. The molecule has 1 heterocycles. The number of halogens is 1. The number of rotatable bonds is 6. The van der Waals surface area contributed by atoms with Crippen LogP contribution in [-0.4, -0.2) is 43.8 Å². The molecule has 7 heteroatoms. The van der Waals surface area contributed by atoms with Gasteiger partial charge in [0.25, 0.3) is 0 Å². The molecule has 1 atom stereocenters. The molecule has 0 aromatic heterocycles. The van der Waals surface area contributed by atoms with Crippen LogP contribution in [0.4, 0.5) is 5.69 Å².